The molecule has 6 heteroatoms. The van der Waals surface area contributed by atoms with Gasteiger partial charge >= 0.3 is 12.1 Å². The van der Waals surface area contributed by atoms with E-state index in [4.69, 9.17) is 5.73 Å². The molecule has 0 bridgehead atoms. The number of carbonyl (C=O) groups is 1. The van der Waals surface area contributed by atoms with Crippen molar-refractivity contribution in [1.29, 1.82) is 0 Å². The lowest BCUT2D eigenvalue weighted by molar-refractivity contribution is -0.186. The number of hydrogen-bond acceptors (Lipinski definition) is 3. The lowest BCUT2D eigenvalue weighted by atomic mass is 10.3. The number of nitrogens with two attached hydrogens (primary N) is 1. The second-order valence-electron chi connectivity index (χ2n) is 2.17. The van der Waals surface area contributed by atoms with Gasteiger partial charge in [0.1, 0.15) is 0 Å². The number of rotatable bonds is 4. The summed E-state index contributed by atoms with van der Waals surface area (Å²) in [6.07, 6.45) is -4.17. The van der Waals surface area contributed by atoms with Crippen LogP contribution in [0, 0.1) is 0 Å². The first kappa shape index (κ1) is 11.2. The number of hydrogen-bond donors (Lipinski definition) is 1. The summed E-state index contributed by atoms with van der Waals surface area (Å²) in [7, 11) is 0. The largest absolute Gasteiger partial charge is 0.456 e. The van der Waals surface area contributed by atoms with Crippen LogP contribution in [0.4, 0.5) is 13.2 Å². The fourth-order valence-corrected chi connectivity index (χ4v) is 0.481. The molecule has 0 rings (SSSR count). The van der Waals surface area contributed by atoms with E-state index in [9.17, 15) is 18.0 Å². The smallest absolute Gasteiger partial charge is 0.422 e. The predicted octanol–water partition coefficient (Wildman–Crippen LogP) is 0.831. The van der Waals surface area contributed by atoms with Crippen molar-refractivity contribution in [2.75, 3.05) is 13.2 Å². The molecule has 3 nitrogen and oxygen atoms in total. The van der Waals surface area contributed by atoms with Crippen molar-refractivity contribution in [2.45, 2.75) is 19.0 Å². The molecule has 0 aromatic rings. The van der Waals surface area contributed by atoms with E-state index in [1.807, 2.05) is 0 Å². The standard InChI is InChI=1S/C6H10F3NO2/c7-6(8,9)4-12-5(11)2-1-3-10/h1-4,10H2. The highest BCUT2D eigenvalue weighted by Crippen LogP contribution is 2.14. The van der Waals surface area contributed by atoms with Crippen molar-refractivity contribution in [3.63, 3.8) is 0 Å². The summed E-state index contributed by atoms with van der Waals surface area (Å²) in [6.45, 7) is -1.25. The zero-order valence-electron chi connectivity index (χ0n) is 6.36. The highest BCUT2D eigenvalue weighted by molar-refractivity contribution is 5.69. The molecule has 0 fully saturated rings. The Bertz CT molecular complexity index is 146. The van der Waals surface area contributed by atoms with Gasteiger partial charge in [0, 0.05) is 6.42 Å². The molecular formula is C6H10F3NO2. The SMILES string of the molecule is NCCCC(=O)OCC(F)(F)F. The Hall–Kier alpha value is -0.780. The zero-order chi connectivity index (χ0) is 9.61. The average Bonchev–Trinajstić information content (AvgIpc) is 1.95. The monoisotopic (exact) mass is 185 g/mol. The molecular weight excluding hydrogens is 175 g/mol. The fraction of sp³-hybridized carbons (Fsp3) is 0.833. The van der Waals surface area contributed by atoms with Crippen molar-refractivity contribution in [3.8, 4) is 0 Å². The molecule has 0 aliphatic heterocycles. The Morgan fingerprint density at radius 1 is 1.42 bits per heavy atom. The van der Waals surface area contributed by atoms with Crippen LogP contribution in [0.3, 0.4) is 0 Å². The van der Waals surface area contributed by atoms with Gasteiger partial charge in [0.2, 0.25) is 0 Å². The molecule has 0 aliphatic rings. The Balaban J connectivity index is 3.44. The van der Waals surface area contributed by atoms with Gasteiger partial charge in [-0.2, -0.15) is 13.2 Å². The minimum atomic E-state index is -4.45. The van der Waals surface area contributed by atoms with Gasteiger partial charge in [-0.15, -0.1) is 0 Å². The molecule has 0 aromatic carbocycles. The number of carbonyl (C=O) groups excluding carboxylic acids is 1. The number of halogens is 3. The number of alkyl halides is 3. The maximum absolute atomic E-state index is 11.4. The minimum Gasteiger partial charge on any atom is -0.456 e. The molecule has 12 heavy (non-hydrogen) atoms. The Morgan fingerprint density at radius 2 is 2.00 bits per heavy atom. The van der Waals surface area contributed by atoms with Crippen LogP contribution < -0.4 is 5.73 Å². The van der Waals surface area contributed by atoms with Crippen molar-refractivity contribution in [3.05, 3.63) is 0 Å². The highest BCUT2D eigenvalue weighted by Gasteiger charge is 2.29. The summed E-state index contributed by atoms with van der Waals surface area (Å²) >= 11 is 0. The van der Waals surface area contributed by atoms with E-state index in [0.29, 0.717) is 6.42 Å². The summed E-state index contributed by atoms with van der Waals surface area (Å²) < 4.78 is 38.2. The third-order valence-corrected chi connectivity index (χ3v) is 0.982. The van der Waals surface area contributed by atoms with E-state index in [-0.39, 0.29) is 13.0 Å². The minimum absolute atomic E-state index is 0.0629. The molecule has 0 saturated heterocycles. The van der Waals surface area contributed by atoms with Crippen molar-refractivity contribution in [2.24, 2.45) is 5.73 Å². The molecule has 0 aromatic heterocycles. The van der Waals surface area contributed by atoms with Crippen molar-refractivity contribution >= 4 is 5.97 Å². The normalized spacial score (nSPS) is 11.3. The van der Waals surface area contributed by atoms with Crippen LogP contribution in [0.25, 0.3) is 0 Å². The molecule has 0 spiro atoms. The van der Waals surface area contributed by atoms with Gasteiger partial charge in [0.25, 0.3) is 0 Å². The average molecular weight is 185 g/mol. The van der Waals surface area contributed by atoms with Crippen LogP contribution in [-0.4, -0.2) is 25.3 Å². The van der Waals surface area contributed by atoms with E-state index < -0.39 is 18.8 Å². The second kappa shape index (κ2) is 4.97. The van der Waals surface area contributed by atoms with E-state index in [2.05, 4.69) is 4.74 Å². The van der Waals surface area contributed by atoms with Gasteiger partial charge in [-0.3, -0.25) is 4.79 Å². The Kier molecular flexibility index (Phi) is 4.65. The van der Waals surface area contributed by atoms with E-state index in [0.717, 1.165) is 0 Å². The molecule has 0 saturated carbocycles. The van der Waals surface area contributed by atoms with Crippen LogP contribution in [0.15, 0.2) is 0 Å². The molecule has 2 N–H and O–H groups in total. The summed E-state index contributed by atoms with van der Waals surface area (Å²) in [5, 5.41) is 0. The second-order valence-corrected chi connectivity index (χ2v) is 2.17. The quantitative estimate of drug-likeness (QED) is 0.660. The molecule has 0 unspecified atom stereocenters. The number of ether oxygens (including phenoxy) is 1. The molecule has 72 valence electrons. The van der Waals surface area contributed by atoms with Crippen LogP contribution >= 0.6 is 0 Å². The molecule has 0 aliphatic carbocycles. The summed E-state index contributed by atoms with van der Waals surface area (Å²) in [5.74, 6) is -0.863. The summed E-state index contributed by atoms with van der Waals surface area (Å²) in [5.41, 5.74) is 5.03. The molecule has 0 atom stereocenters. The van der Waals surface area contributed by atoms with Crippen LogP contribution in [0.1, 0.15) is 12.8 Å². The van der Waals surface area contributed by atoms with Gasteiger partial charge < -0.3 is 10.5 Å². The van der Waals surface area contributed by atoms with Crippen LogP contribution in [-0.2, 0) is 9.53 Å². The van der Waals surface area contributed by atoms with Gasteiger partial charge in [-0.25, -0.2) is 0 Å². The Morgan fingerprint density at radius 3 is 2.42 bits per heavy atom. The lowest BCUT2D eigenvalue weighted by Gasteiger charge is -2.06. The highest BCUT2D eigenvalue weighted by atomic mass is 19.4. The van der Waals surface area contributed by atoms with E-state index in [1.54, 1.807) is 0 Å². The van der Waals surface area contributed by atoms with Crippen molar-refractivity contribution in [1.82, 2.24) is 0 Å². The number of esters is 1. The maximum atomic E-state index is 11.4. The third kappa shape index (κ3) is 7.33. The zero-order valence-corrected chi connectivity index (χ0v) is 6.36. The molecule has 0 heterocycles. The van der Waals surface area contributed by atoms with Gasteiger partial charge in [-0.05, 0) is 13.0 Å². The summed E-state index contributed by atoms with van der Waals surface area (Å²) in [4.78, 5) is 10.5. The lowest BCUT2D eigenvalue weighted by Crippen LogP contribution is -2.20. The fourth-order valence-electron chi connectivity index (χ4n) is 0.481. The Labute approximate surface area is 67.7 Å². The molecule has 0 radical (unpaired) electrons. The topological polar surface area (TPSA) is 52.3 Å². The van der Waals surface area contributed by atoms with Gasteiger partial charge in [0.05, 0.1) is 0 Å². The third-order valence-electron chi connectivity index (χ3n) is 0.982. The van der Waals surface area contributed by atoms with E-state index >= 15 is 0 Å². The first-order valence-corrected chi connectivity index (χ1v) is 3.38. The predicted molar refractivity (Wildman–Crippen MR) is 35.3 cm³/mol. The first-order chi connectivity index (χ1) is 5.45. The first-order valence-electron chi connectivity index (χ1n) is 3.38. The van der Waals surface area contributed by atoms with Crippen LogP contribution in [0.5, 0.6) is 0 Å². The summed E-state index contributed by atoms with van der Waals surface area (Å²) in [6, 6.07) is 0. The van der Waals surface area contributed by atoms with Crippen LogP contribution in [0.2, 0.25) is 0 Å². The van der Waals surface area contributed by atoms with E-state index in [1.165, 1.54) is 0 Å². The van der Waals surface area contributed by atoms with Gasteiger partial charge in [-0.1, -0.05) is 0 Å². The molecule has 0 amide bonds. The van der Waals surface area contributed by atoms with Crippen molar-refractivity contribution < 1.29 is 22.7 Å². The maximum Gasteiger partial charge on any atom is 0.422 e. The van der Waals surface area contributed by atoms with Gasteiger partial charge in [0.15, 0.2) is 6.61 Å².